The first kappa shape index (κ1) is 25.1. The minimum absolute atomic E-state index is 0.0317. The summed E-state index contributed by atoms with van der Waals surface area (Å²) in [5.74, 6) is 1.26. The summed E-state index contributed by atoms with van der Waals surface area (Å²) in [6.07, 6.45) is 1.76. The molecule has 2 aromatic rings. The molecule has 0 radical (unpaired) electrons. The van der Waals surface area contributed by atoms with Crippen molar-refractivity contribution in [2.75, 3.05) is 19.4 Å². The Kier molecular flexibility index (Phi) is 10.7. The maximum atomic E-state index is 13.2. The minimum Gasteiger partial charge on any atom is -0.497 e. The predicted molar refractivity (Wildman–Crippen MR) is 128 cm³/mol. The number of hydrogen-bond acceptors (Lipinski definition) is 4. The van der Waals surface area contributed by atoms with E-state index in [0.717, 1.165) is 22.6 Å². The quantitative estimate of drug-likeness (QED) is 0.442. The number of nitrogens with one attached hydrogen (secondary N) is 1. The molecule has 31 heavy (non-hydrogen) atoms. The Balaban J connectivity index is 2.10. The van der Waals surface area contributed by atoms with Gasteiger partial charge in [0.2, 0.25) is 11.8 Å². The molecule has 0 saturated heterocycles. The molecule has 0 aliphatic heterocycles. The molecule has 0 bridgehead atoms. The smallest absolute Gasteiger partial charge is 0.242 e. The molecule has 0 aliphatic rings. The predicted octanol–water partition coefficient (Wildman–Crippen LogP) is 5.16. The molecule has 2 amide bonds. The molecule has 7 heteroatoms. The lowest BCUT2D eigenvalue weighted by Gasteiger charge is -2.30. The second-order valence-corrected chi connectivity index (χ2v) is 8.74. The van der Waals surface area contributed by atoms with Crippen molar-refractivity contribution < 1.29 is 14.3 Å². The third-order valence-electron chi connectivity index (χ3n) is 4.85. The Morgan fingerprint density at radius 2 is 1.77 bits per heavy atom. The monoisotopic (exact) mass is 462 g/mol. The first-order chi connectivity index (χ1) is 15.0. The topological polar surface area (TPSA) is 58.6 Å². The standard InChI is InChI=1S/C24H31ClN2O3S/c1-4-15-26-24(29)22(5-2)27(17-18-6-10-20(30-3)11-7-18)23(28)14-16-31-21-12-8-19(25)9-13-21/h6-13,22H,4-5,14-17H2,1-3H3,(H,26,29)/t22-/m0/s1. The van der Waals surface area contributed by atoms with Crippen LogP contribution in [0.4, 0.5) is 0 Å². The molecular weight excluding hydrogens is 432 g/mol. The highest BCUT2D eigenvalue weighted by atomic mass is 35.5. The van der Waals surface area contributed by atoms with E-state index in [9.17, 15) is 9.59 Å². The summed E-state index contributed by atoms with van der Waals surface area (Å²) >= 11 is 7.54. The van der Waals surface area contributed by atoms with Crippen LogP contribution >= 0.6 is 23.4 Å². The van der Waals surface area contributed by atoms with Crippen molar-refractivity contribution in [2.24, 2.45) is 0 Å². The number of amides is 2. The summed E-state index contributed by atoms with van der Waals surface area (Å²) in [5.41, 5.74) is 0.959. The fourth-order valence-corrected chi connectivity index (χ4v) is 4.11. The van der Waals surface area contributed by atoms with Gasteiger partial charge in [-0.15, -0.1) is 11.8 Å². The Morgan fingerprint density at radius 1 is 1.10 bits per heavy atom. The highest BCUT2D eigenvalue weighted by Crippen LogP contribution is 2.22. The van der Waals surface area contributed by atoms with Gasteiger partial charge in [0.25, 0.3) is 0 Å². The van der Waals surface area contributed by atoms with E-state index < -0.39 is 6.04 Å². The van der Waals surface area contributed by atoms with Crippen LogP contribution in [0.25, 0.3) is 0 Å². The van der Waals surface area contributed by atoms with Crippen molar-refractivity contribution in [2.45, 2.75) is 50.6 Å². The van der Waals surface area contributed by atoms with Gasteiger partial charge in [0.15, 0.2) is 0 Å². The molecule has 0 heterocycles. The summed E-state index contributed by atoms with van der Waals surface area (Å²) in [4.78, 5) is 28.7. The Labute approximate surface area is 194 Å². The first-order valence-corrected chi connectivity index (χ1v) is 11.9. The SMILES string of the molecule is CCCNC(=O)[C@H](CC)N(Cc1ccc(OC)cc1)C(=O)CCSc1ccc(Cl)cc1. The van der Waals surface area contributed by atoms with Crippen LogP contribution in [-0.2, 0) is 16.1 Å². The summed E-state index contributed by atoms with van der Waals surface area (Å²) in [5, 5.41) is 3.63. The highest BCUT2D eigenvalue weighted by molar-refractivity contribution is 7.99. The van der Waals surface area contributed by atoms with E-state index >= 15 is 0 Å². The van der Waals surface area contributed by atoms with Gasteiger partial charge in [0.05, 0.1) is 7.11 Å². The van der Waals surface area contributed by atoms with Gasteiger partial charge in [-0.1, -0.05) is 37.6 Å². The van der Waals surface area contributed by atoms with Crippen molar-refractivity contribution in [3.8, 4) is 5.75 Å². The van der Waals surface area contributed by atoms with Crippen LogP contribution in [0.2, 0.25) is 5.02 Å². The fraction of sp³-hybridized carbons (Fsp3) is 0.417. The largest absolute Gasteiger partial charge is 0.497 e. The van der Waals surface area contributed by atoms with Gasteiger partial charge in [-0.05, 0) is 54.8 Å². The number of halogens is 1. The van der Waals surface area contributed by atoms with Crippen molar-refractivity contribution in [1.82, 2.24) is 10.2 Å². The lowest BCUT2D eigenvalue weighted by Crippen LogP contribution is -2.49. The van der Waals surface area contributed by atoms with E-state index in [1.165, 1.54) is 0 Å². The number of carbonyl (C=O) groups is 2. The van der Waals surface area contributed by atoms with E-state index in [2.05, 4.69) is 5.32 Å². The molecule has 1 N–H and O–H groups in total. The van der Waals surface area contributed by atoms with Crippen molar-refractivity contribution in [1.29, 1.82) is 0 Å². The molecule has 0 saturated carbocycles. The number of rotatable bonds is 12. The summed E-state index contributed by atoms with van der Waals surface area (Å²) in [6, 6.07) is 14.7. The number of nitrogens with zero attached hydrogens (tertiary/aromatic N) is 1. The van der Waals surface area contributed by atoms with E-state index in [-0.39, 0.29) is 11.8 Å². The van der Waals surface area contributed by atoms with Gasteiger partial charge >= 0.3 is 0 Å². The molecule has 0 unspecified atom stereocenters. The van der Waals surface area contributed by atoms with Crippen LogP contribution in [-0.4, -0.2) is 42.2 Å². The molecule has 0 spiro atoms. The molecule has 1 atom stereocenters. The maximum absolute atomic E-state index is 13.2. The van der Waals surface area contributed by atoms with Gasteiger partial charge in [-0.25, -0.2) is 0 Å². The molecule has 0 fully saturated rings. The summed E-state index contributed by atoms with van der Waals surface area (Å²) < 4.78 is 5.22. The van der Waals surface area contributed by atoms with Crippen molar-refractivity contribution in [3.63, 3.8) is 0 Å². The number of carbonyl (C=O) groups excluding carboxylic acids is 2. The zero-order valence-corrected chi connectivity index (χ0v) is 20.0. The van der Waals surface area contributed by atoms with E-state index in [1.54, 1.807) is 23.8 Å². The Bertz CT molecular complexity index is 828. The summed E-state index contributed by atoms with van der Waals surface area (Å²) in [6.45, 7) is 4.93. The molecule has 2 aromatic carbocycles. The molecule has 2 rings (SSSR count). The third kappa shape index (κ3) is 8.11. The molecule has 168 valence electrons. The Hall–Kier alpha value is -2.18. The Morgan fingerprint density at radius 3 is 2.35 bits per heavy atom. The number of methoxy groups -OCH3 is 1. The zero-order valence-electron chi connectivity index (χ0n) is 18.4. The number of thioether (sulfide) groups is 1. The van der Waals surface area contributed by atoms with Crippen molar-refractivity contribution >= 4 is 35.2 Å². The van der Waals surface area contributed by atoms with Crippen LogP contribution in [0, 0.1) is 0 Å². The minimum atomic E-state index is -0.498. The third-order valence-corrected chi connectivity index (χ3v) is 6.11. The summed E-state index contributed by atoms with van der Waals surface area (Å²) in [7, 11) is 1.62. The molecule has 5 nitrogen and oxygen atoms in total. The van der Waals surface area contributed by atoms with E-state index in [4.69, 9.17) is 16.3 Å². The molecule has 0 aromatic heterocycles. The molecule has 0 aliphatic carbocycles. The average Bonchev–Trinajstić information content (AvgIpc) is 2.79. The highest BCUT2D eigenvalue weighted by Gasteiger charge is 2.28. The van der Waals surface area contributed by atoms with Crippen LogP contribution in [0.1, 0.15) is 38.7 Å². The average molecular weight is 463 g/mol. The second kappa shape index (κ2) is 13.3. The van der Waals surface area contributed by atoms with Crippen LogP contribution < -0.4 is 10.1 Å². The van der Waals surface area contributed by atoms with Crippen molar-refractivity contribution in [3.05, 3.63) is 59.1 Å². The van der Waals surface area contributed by atoms with Crippen LogP contribution in [0.5, 0.6) is 5.75 Å². The number of hydrogen-bond donors (Lipinski definition) is 1. The normalized spacial score (nSPS) is 11.6. The van der Waals surface area contributed by atoms with Gasteiger partial charge in [-0.3, -0.25) is 9.59 Å². The van der Waals surface area contributed by atoms with Gasteiger partial charge < -0.3 is 15.0 Å². The number of ether oxygens (including phenoxy) is 1. The van der Waals surface area contributed by atoms with Gasteiger partial charge in [0.1, 0.15) is 11.8 Å². The lowest BCUT2D eigenvalue weighted by molar-refractivity contribution is -0.141. The lowest BCUT2D eigenvalue weighted by atomic mass is 10.1. The van der Waals surface area contributed by atoms with E-state index in [0.29, 0.717) is 36.7 Å². The molecular formula is C24H31ClN2O3S. The fourth-order valence-electron chi connectivity index (χ4n) is 3.14. The first-order valence-electron chi connectivity index (χ1n) is 10.6. The van der Waals surface area contributed by atoms with Gasteiger partial charge in [0, 0.05) is 35.2 Å². The number of benzene rings is 2. The van der Waals surface area contributed by atoms with Gasteiger partial charge in [-0.2, -0.15) is 0 Å². The second-order valence-electron chi connectivity index (χ2n) is 7.14. The zero-order chi connectivity index (χ0) is 22.6. The maximum Gasteiger partial charge on any atom is 0.242 e. The van der Waals surface area contributed by atoms with Crippen LogP contribution in [0.3, 0.4) is 0 Å². The van der Waals surface area contributed by atoms with Crippen LogP contribution in [0.15, 0.2) is 53.4 Å². The van der Waals surface area contributed by atoms with E-state index in [1.807, 2.05) is 62.4 Å².